The Morgan fingerprint density at radius 1 is 1.38 bits per heavy atom. The van der Waals surface area contributed by atoms with E-state index in [9.17, 15) is 0 Å². The SMILES string of the molecule is N#CCCNc1ncc(-c2cccs2)cn1. The van der Waals surface area contributed by atoms with Crippen LogP contribution in [0.3, 0.4) is 0 Å². The van der Waals surface area contributed by atoms with Crippen LogP contribution in [0.15, 0.2) is 29.9 Å². The van der Waals surface area contributed by atoms with Crippen molar-refractivity contribution in [3.05, 3.63) is 29.9 Å². The Morgan fingerprint density at radius 3 is 2.81 bits per heavy atom. The van der Waals surface area contributed by atoms with Gasteiger partial charge >= 0.3 is 0 Å². The summed E-state index contributed by atoms with van der Waals surface area (Å²) in [6.07, 6.45) is 4.02. The number of thiophene rings is 1. The van der Waals surface area contributed by atoms with Gasteiger partial charge in [0.25, 0.3) is 0 Å². The second-order valence-electron chi connectivity index (χ2n) is 3.11. The first kappa shape index (κ1) is 10.6. The van der Waals surface area contributed by atoms with Gasteiger partial charge in [0.05, 0.1) is 12.5 Å². The predicted octanol–water partition coefficient (Wildman–Crippen LogP) is 2.53. The van der Waals surface area contributed by atoms with Gasteiger partial charge in [-0.3, -0.25) is 0 Å². The summed E-state index contributed by atoms with van der Waals surface area (Å²) >= 11 is 1.66. The van der Waals surface area contributed by atoms with Crippen LogP contribution in [0.5, 0.6) is 0 Å². The topological polar surface area (TPSA) is 61.6 Å². The predicted molar refractivity (Wildman–Crippen MR) is 64.1 cm³/mol. The number of nitrogens with one attached hydrogen (secondary N) is 1. The second kappa shape index (κ2) is 5.24. The highest BCUT2D eigenvalue weighted by molar-refractivity contribution is 7.13. The molecule has 80 valence electrons. The fourth-order valence-corrected chi connectivity index (χ4v) is 1.92. The van der Waals surface area contributed by atoms with Gasteiger partial charge in [-0.25, -0.2) is 9.97 Å². The smallest absolute Gasteiger partial charge is 0.222 e. The summed E-state index contributed by atoms with van der Waals surface area (Å²) in [5, 5.41) is 13.4. The molecule has 0 atom stereocenters. The molecule has 5 heteroatoms. The third-order valence-corrected chi connectivity index (χ3v) is 2.90. The van der Waals surface area contributed by atoms with Crippen LogP contribution in [-0.4, -0.2) is 16.5 Å². The van der Waals surface area contributed by atoms with Gasteiger partial charge in [-0.1, -0.05) is 6.07 Å². The molecule has 2 rings (SSSR count). The number of nitriles is 1. The van der Waals surface area contributed by atoms with Crippen LogP contribution >= 0.6 is 11.3 Å². The minimum absolute atomic E-state index is 0.454. The van der Waals surface area contributed by atoms with E-state index in [0.717, 1.165) is 10.4 Å². The lowest BCUT2D eigenvalue weighted by Crippen LogP contribution is -2.04. The molecule has 0 aliphatic rings. The van der Waals surface area contributed by atoms with Gasteiger partial charge < -0.3 is 5.32 Å². The first-order valence-electron chi connectivity index (χ1n) is 4.87. The van der Waals surface area contributed by atoms with Crippen LogP contribution in [0.1, 0.15) is 6.42 Å². The third kappa shape index (κ3) is 2.55. The summed E-state index contributed by atoms with van der Waals surface area (Å²) in [6.45, 7) is 0.578. The molecule has 0 bridgehead atoms. The summed E-state index contributed by atoms with van der Waals surface area (Å²) in [5.74, 6) is 0.565. The Morgan fingerprint density at radius 2 is 2.19 bits per heavy atom. The van der Waals surface area contributed by atoms with Crippen molar-refractivity contribution in [3.8, 4) is 16.5 Å². The van der Waals surface area contributed by atoms with Crippen molar-refractivity contribution >= 4 is 17.3 Å². The largest absolute Gasteiger partial charge is 0.353 e. The molecular formula is C11H10N4S. The van der Waals surface area contributed by atoms with Crippen molar-refractivity contribution < 1.29 is 0 Å². The van der Waals surface area contributed by atoms with Crippen molar-refractivity contribution in [3.63, 3.8) is 0 Å². The quantitative estimate of drug-likeness (QED) is 0.820. The zero-order valence-electron chi connectivity index (χ0n) is 8.55. The van der Waals surface area contributed by atoms with Crippen LogP contribution in [0.25, 0.3) is 10.4 Å². The van der Waals surface area contributed by atoms with Crippen molar-refractivity contribution in [2.45, 2.75) is 6.42 Å². The normalized spacial score (nSPS) is 9.69. The fraction of sp³-hybridized carbons (Fsp3) is 0.182. The van der Waals surface area contributed by atoms with E-state index in [1.54, 1.807) is 23.7 Å². The number of aromatic nitrogens is 2. The van der Waals surface area contributed by atoms with Crippen molar-refractivity contribution in [1.82, 2.24) is 9.97 Å². The lowest BCUT2D eigenvalue weighted by molar-refractivity contribution is 1.02. The average molecular weight is 230 g/mol. The maximum Gasteiger partial charge on any atom is 0.222 e. The highest BCUT2D eigenvalue weighted by Gasteiger charge is 2.00. The Balaban J connectivity index is 2.03. The van der Waals surface area contributed by atoms with E-state index in [0.29, 0.717) is 18.9 Å². The average Bonchev–Trinajstić information content (AvgIpc) is 2.84. The van der Waals surface area contributed by atoms with E-state index < -0.39 is 0 Å². The summed E-state index contributed by atoms with van der Waals surface area (Å²) in [7, 11) is 0. The molecule has 0 spiro atoms. The van der Waals surface area contributed by atoms with Crippen LogP contribution in [0, 0.1) is 11.3 Å². The molecule has 4 nitrogen and oxygen atoms in total. The summed E-state index contributed by atoms with van der Waals surface area (Å²) in [4.78, 5) is 9.52. The molecule has 2 aromatic heterocycles. The van der Waals surface area contributed by atoms with Gasteiger partial charge in [-0.15, -0.1) is 11.3 Å². The Kier molecular flexibility index (Phi) is 3.46. The number of hydrogen-bond acceptors (Lipinski definition) is 5. The van der Waals surface area contributed by atoms with Crippen LogP contribution in [0.4, 0.5) is 5.95 Å². The maximum absolute atomic E-state index is 8.38. The Bertz CT molecular complexity index is 470. The third-order valence-electron chi connectivity index (χ3n) is 1.98. The molecule has 0 unspecified atom stereocenters. The lowest BCUT2D eigenvalue weighted by atomic mass is 10.3. The molecule has 1 N–H and O–H groups in total. The maximum atomic E-state index is 8.38. The van der Waals surface area contributed by atoms with Gasteiger partial charge in [0.2, 0.25) is 5.95 Å². The Labute approximate surface area is 97.6 Å². The first-order chi connectivity index (χ1) is 7.90. The molecule has 0 aliphatic heterocycles. The summed E-state index contributed by atoms with van der Waals surface area (Å²) in [5.41, 5.74) is 1.01. The molecule has 2 aromatic rings. The van der Waals surface area contributed by atoms with Gasteiger partial charge in [0, 0.05) is 29.4 Å². The first-order valence-corrected chi connectivity index (χ1v) is 5.75. The number of nitrogens with zero attached hydrogens (tertiary/aromatic N) is 3. The number of anilines is 1. The summed E-state index contributed by atoms with van der Waals surface area (Å²) in [6, 6.07) is 6.09. The standard InChI is InChI=1S/C11H10N4S/c12-4-2-5-13-11-14-7-9(8-15-11)10-3-1-6-16-10/h1,3,6-8H,2,5H2,(H,13,14,15). The number of rotatable bonds is 4. The zero-order chi connectivity index (χ0) is 11.2. The van der Waals surface area contributed by atoms with Crippen LogP contribution < -0.4 is 5.32 Å². The van der Waals surface area contributed by atoms with E-state index in [1.807, 2.05) is 17.5 Å². The molecule has 0 radical (unpaired) electrons. The molecule has 0 aliphatic carbocycles. The number of hydrogen-bond donors (Lipinski definition) is 1. The molecule has 2 heterocycles. The molecule has 0 saturated carbocycles. The van der Waals surface area contributed by atoms with Gasteiger partial charge in [0.1, 0.15) is 0 Å². The van der Waals surface area contributed by atoms with Crippen molar-refractivity contribution in [1.29, 1.82) is 5.26 Å². The van der Waals surface area contributed by atoms with E-state index in [2.05, 4.69) is 21.4 Å². The van der Waals surface area contributed by atoms with Gasteiger partial charge in [-0.05, 0) is 11.4 Å². The molecule has 0 fully saturated rings. The minimum atomic E-state index is 0.454. The van der Waals surface area contributed by atoms with E-state index in [4.69, 9.17) is 5.26 Å². The second-order valence-corrected chi connectivity index (χ2v) is 4.06. The highest BCUT2D eigenvalue weighted by Crippen LogP contribution is 2.23. The van der Waals surface area contributed by atoms with Crippen LogP contribution in [-0.2, 0) is 0 Å². The van der Waals surface area contributed by atoms with Crippen LogP contribution in [0.2, 0.25) is 0 Å². The van der Waals surface area contributed by atoms with E-state index in [-0.39, 0.29) is 0 Å². The summed E-state index contributed by atoms with van der Waals surface area (Å²) < 4.78 is 0. The van der Waals surface area contributed by atoms with Crippen molar-refractivity contribution in [2.24, 2.45) is 0 Å². The zero-order valence-corrected chi connectivity index (χ0v) is 9.37. The monoisotopic (exact) mass is 230 g/mol. The van der Waals surface area contributed by atoms with E-state index >= 15 is 0 Å². The fourth-order valence-electron chi connectivity index (χ4n) is 1.22. The molecule has 0 amide bonds. The molecule has 16 heavy (non-hydrogen) atoms. The molecular weight excluding hydrogens is 220 g/mol. The Hall–Kier alpha value is -1.93. The molecule has 0 saturated heterocycles. The minimum Gasteiger partial charge on any atom is -0.353 e. The highest BCUT2D eigenvalue weighted by atomic mass is 32.1. The molecule has 0 aromatic carbocycles. The van der Waals surface area contributed by atoms with E-state index in [1.165, 1.54) is 0 Å². The van der Waals surface area contributed by atoms with Gasteiger partial charge in [-0.2, -0.15) is 5.26 Å². The lowest BCUT2D eigenvalue weighted by Gasteiger charge is -2.02. The van der Waals surface area contributed by atoms with Gasteiger partial charge in [0.15, 0.2) is 0 Å². The van der Waals surface area contributed by atoms with Crippen molar-refractivity contribution in [2.75, 3.05) is 11.9 Å².